The van der Waals surface area contributed by atoms with Crippen molar-refractivity contribution in [3.63, 3.8) is 0 Å². The Morgan fingerprint density at radius 2 is 2.35 bits per heavy atom. The van der Waals surface area contributed by atoms with Gasteiger partial charge in [0, 0.05) is 17.3 Å². The Kier molecular flexibility index (Phi) is 5.48. The molecule has 0 saturated heterocycles. The highest BCUT2D eigenvalue weighted by Crippen LogP contribution is 2.14. The first-order chi connectivity index (χ1) is 9.70. The molecule has 2 aromatic rings. The van der Waals surface area contributed by atoms with E-state index in [0.717, 1.165) is 12.3 Å². The number of terminal acetylenes is 1. The second kappa shape index (κ2) is 7.34. The van der Waals surface area contributed by atoms with Gasteiger partial charge in [0.1, 0.15) is 5.82 Å². The number of aromatic amines is 1. The second-order valence-corrected chi connectivity index (χ2v) is 5.65. The first kappa shape index (κ1) is 14.9. The number of nitrogens with one attached hydrogen (secondary N) is 2. The topological polar surface area (TPSA) is 57.8 Å². The largest absolute Gasteiger partial charge is 0.309 e. The Morgan fingerprint density at radius 3 is 3.15 bits per heavy atom. The summed E-state index contributed by atoms with van der Waals surface area (Å²) in [6.07, 6.45) is 5.16. The van der Waals surface area contributed by atoms with Crippen LogP contribution in [0.2, 0.25) is 5.02 Å². The van der Waals surface area contributed by atoms with E-state index in [1.807, 2.05) is 0 Å². The molecule has 1 heterocycles. The molecule has 2 N–H and O–H groups in total. The number of aromatic nitrogens is 2. The molecule has 0 saturated carbocycles. The summed E-state index contributed by atoms with van der Waals surface area (Å²) in [7, 11) is 0. The normalized spacial score (nSPS) is 10.6. The number of hydrogen-bond donors (Lipinski definition) is 2. The van der Waals surface area contributed by atoms with E-state index in [1.165, 1.54) is 0 Å². The molecule has 104 valence electrons. The summed E-state index contributed by atoms with van der Waals surface area (Å²) in [6, 6.07) is 5.05. The number of rotatable bonds is 6. The van der Waals surface area contributed by atoms with Crippen LogP contribution in [0.1, 0.15) is 5.82 Å². The molecule has 0 amide bonds. The van der Waals surface area contributed by atoms with Crippen LogP contribution in [0.3, 0.4) is 0 Å². The highest BCUT2D eigenvalue weighted by atomic mass is 35.5. The maximum absolute atomic E-state index is 11.9. The molecule has 0 unspecified atom stereocenters. The van der Waals surface area contributed by atoms with Gasteiger partial charge in [0.25, 0.3) is 5.56 Å². The quantitative estimate of drug-likeness (QED) is 0.633. The highest BCUT2D eigenvalue weighted by molar-refractivity contribution is 7.99. The summed E-state index contributed by atoms with van der Waals surface area (Å²) in [5.74, 6) is 4.81. The van der Waals surface area contributed by atoms with Crippen LogP contribution in [-0.4, -0.2) is 28.0 Å². The van der Waals surface area contributed by atoms with Gasteiger partial charge in [-0.25, -0.2) is 4.98 Å². The molecule has 0 spiro atoms. The lowest BCUT2D eigenvalue weighted by molar-refractivity contribution is 0.695. The van der Waals surface area contributed by atoms with E-state index in [2.05, 4.69) is 21.2 Å². The molecular formula is C14H14ClN3OS. The minimum Gasteiger partial charge on any atom is -0.309 e. The third kappa shape index (κ3) is 4.01. The molecule has 20 heavy (non-hydrogen) atoms. The van der Waals surface area contributed by atoms with Crippen molar-refractivity contribution in [2.45, 2.75) is 6.54 Å². The fourth-order valence-electron chi connectivity index (χ4n) is 1.73. The van der Waals surface area contributed by atoms with Gasteiger partial charge in [-0.05, 0) is 18.2 Å². The minimum atomic E-state index is -0.148. The molecule has 2 rings (SSSR count). The third-order valence-corrected chi connectivity index (χ3v) is 3.72. The molecule has 0 bridgehead atoms. The van der Waals surface area contributed by atoms with Crippen molar-refractivity contribution >= 4 is 34.3 Å². The molecule has 0 fully saturated rings. The van der Waals surface area contributed by atoms with Gasteiger partial charge in [-0.3, -0.25) is 4.79 Å². The SMILES string of the molecule is C#CCSCCNCc1nc2cc(Cl)ccc2c(=O)[nH]1. The number of fused-ring (bicyclic) bond motifs is 1. The summed E-state index contributed by atoms with van der Waals surface area (Å²) in [4.78, 5) is 19.0. The van der Waals surface area contributed by atoms with Crippen LogP contribution in [0.5, 0.6) is 0 Å². The minimum absolute atomic E-state index is 0.148. The standard InChI is InChI=1S/C14H14ClN3OS/c1-2-6-20-7-5-16-9-13-17-12-8-10(15)3-4-11(12)14(19)18-13/h1,3-4,8,16H,5-7,9H2,(H,17,18,19). The monoisotopic (exact) mass is 307 g/mol. The van der Waals surface area contributed by atoms with Crippen LogP contribution in [0, 0.1) is 12.3 Å². The summed E-state index contributed by atoms with van der Waals surface area (Å²) in [5, 5.41) is 4.33. The average Bonchev–Trinajstić information content (AvgIpc) is 2.42. The number of nitrogens with zero attached hydrogens (tertiary/aromatic N) is 1. The Bertz CT molecular complexity index is 693. The third-order valence-electron chi connectivity index (χ3n) is 2.62. The highest BCUT2D eigenvalue weighted by Gasteiger charge is 2.04. The van der Waals surface area contributed by atoms with Gasteiger partial charge in [0.15, 0.2) is 0 Å². The molecule has 1 aromatic carbocycles. The second-order valence-electron chi connectivity index (χ2n) is 4.11. The van der Waals surface area contributed by atoms with Crippen molar-refractivity contribution in [2.24, 2.45) is 0 Å². The molecule has 1 aromatic heterocycles. The van der Waals surface area contributed by atoms with Gasteiger partial charge in [-0.2, -0.15) is 0 Å². The predicted octanol–water partition coefficient (Wildman–Crippen LogP) is 2.03. The summed E-state index contributed by atoms with van der Waals surface area (Å²) in [5.41, 5.74) is 0.463. The predicted molar refractivity (Wildman–Crippen MR) is 85.2 cm³/mol. The number of H-pyrrole nitrogens is 1. The van der Waals surface area contributed by atoms with Crippen LogP contribution in [0.25, 0.3) is 10.9 Å². The lowest BCUT2D eigenvalue weighted by Crippen LogP contribution is -2.21. The van der Waals surface area contributed by atoms with Crippen molar-refractivity contribution in [3.8, 4) is 12.3 Å². The van der Waals surface area contributed by atoms with Crippen molar-refractivity contribution in [1.82, 2.24) is 15.3 Å². The van der Waals surface area contributed by atoms with Crippen LogP contribution in [0.15, 0.2) is 23.0 Å². The molecule has 0 aliphatic heterocycles. The summed E-state index contributed by atoms with van der Waals surface area (Å²) < 4.78 is 0. The molecule has 0 aliphatic rings. The number of benzene rings is 1. The Morgan fingerprint density at radius 1 is 1.50 bits per heavy atom. The Hall–Kier alpha value is -1.48. The van der Waals surface area contributed by atoms with E-state index in [0.29, 0.717) is 34.0 Å². The Balaban J connectivity index is 2.01. The van der Waals surface area contributed by atoms with Crippen LogP contribution < -0.4 is 10.9 Å². The summed E-state index contributed by atoms with van der Waals surface area (Å²) in [6.45, 7) is 1.32. The molecule has 6 heteroatoms. The van der Waals surface area contributed by atoms with Crippen LogP contribution in [0.4, 0.5) is 0 Å². The zero-order valence-electron chi connectivity index (χ0n) is 10.8. The van der Waals surface area contributed by atoms with Gasteiger partial charge in [-0.1, -0.05) is 17.5 Å². The number of halogens is 1. The van der Waals surface area contributed by atoms with E-state index in [9.17, 15) is 4.79 Å². The lowest BCUT2D eigenvalue weighted by atomic mass is 10.2. The van der Waals surface area contributed by atoms with E-state index in [-0.39, 0.29) is 5.56 Å². The van der Waals surface area contributed by atoms with Crippen molar-refractivity contribution < 1.29 is 0 Å². The van der Waals surface area contributed by atoms with E-state index in [1.54, 1.807) is 30.0 Å². The molecule has 0 radical (unpaired) electrons. The lowest BCUT2D eigenvalue weighted by Gasteiger charge is -2.05. The van der Waals surface area contributed by atoms with Gasteiger partial charge >= 0.3 is 0 Å². The van der Waals surface area contributed by atoms with Crippen LogP contribution >= 0.6 is 23.4 Å². The first-order valence-corrected chi connectivity index (χ1v) is 7.64. The van der Waals surface area contributed by atoms with Gasteiger partial charge in [0.2, 0.25) is 0 Å². The van der Waals surface area contributed by atoms with Gasteiger partial charge < -0.3 is 10.3 Å². The first-order valence-electron chi connectivity index (χ1n) is 6.11. The zero-order valence-corrected chi connectivity index (χ0v) is 12.4. The molecule has 4 nitrogen and oxygen atoms in total. The van der Waals surface area contributed by atoms with E-state index in [4.69, 9.17) is 18.0 Å². The van der Waals surface area contributed by atoms with Gasteiger partial charge in [0.05, 0.1) is 23.2 Å². The van der Waals surface area contributed by atoms with Crippen LogP contribution in [-0.2, 0) is 6.54 Å². The maximum Gasteiger partial charge on any atom is 0.258 e. The molecular weight excluding hydrogens is 294 g/mol. The maximum atomic E-state index is 11.9. The average molecular weight is 308 g/mol. The smallest absolute Gasteiger partial charge is 0.258 e. The summed E-state index contributed by atoms with van der Waals surface area (Å²) >= 11 is 7.60. The van der Waals surface area contributed by atoms with E-state index >= 15 is 0 Å². The van der Waals surface area contributed by atoms with E-state index < -0.39 is 0 Å². The van der Waals surface area contributed by atoms with Gasteiger partial charge in [-0.15, -0.1) is 18.2 Å². The molecule has 0 aliphatic carbocycles. The number of hydrogen-bond acceptors (Lipinski definition) is 4. The Labute approximate surface area is 126 Å². The van der Waals surface area contributed by atoms with Crippen molar-refractivity contribution in [3.05, 3.63) is 39.4 Å². The number of thioether (sulfide) groups is 1. The molecule has 0 atom stereocenters. The van der Waals surface area contributed by atoms with Crippen molar-refractivity contribution in [2.75, 3.05) is 18.1 Å². The fraction of sp³-hybridized carbons (Fsp3) is 0.286. The zero-order chi connectivity index (χ0) is 14.4. The van der Waals surface area contributed by atoms with Crippen molar-refractivity contribution in [1.29, 1.82) is 0 Å². The fourth-order valence-corrected chi connectivity index (χ4v) is 2.44.